The molecule has 0 saturated carbocycles. The number of sulfonamides is 1. The predicted octanol–water partition coefficient (Wildman–Crippen LogP) is 6.50. The van der Waals surface area contributed by atoms with Crippen molar-refractivity contribution in [2.24, 2.45) is 4.99 Å². The van der Waals surface area contributed by atoms with Gasteiger partial charge in [-0.2, -0.15) is 4.31 Å². The van der Waals surface area contributed by atoms with Crippen LogP contribution in [-0.4, -0.2) is 30.4 Å². The zero-order chi connectivity index (χ0) is 25.4. The molecule has 0 aliphatic rings. The van der Waals surface area contributed by atoms with Gasteiger partial charge in [-0.25, -0.2) is 13.4 Å². The first kappa shape index (κ1) is 26.1. The minimum atomic E-state index is -3.56. The van der Waals surface area contributed by atoms with E-state index in [1.807, 2.05) is 62.4 Å². The number of benzene rings is 3. The van der Waals surface area contributed by atoms with E-state index in [1.54, 1.807) is 27.8 Å². The summed E-state index contributed by atoms with van der Waals surface area (Å²) < 4.78 is 30.7. The molecule has 5 nitrogen and oxygen atoms in total. The first-order valence-corrected chi connectivity index (χ1v) is 14.8. The van der Waals surface area contributed by atoms with Crippen molar-refractivity contribution in [3.05, 3.63) is 101 Å². The number of hydrogen-bond acceptors (Lipinski definition) is 4. The average Bonchev–Trinajstić information content (AvgIpc) is 3.30. The van der Waals surface area contributed by atoms with E-state index in [0.717, 1.165) is 47.6 Å². The molecule has 1 heterocycles. The van der Waals surface area contributed by atoms with Gasteiger partial charge < -0.3 is 4.57 Å². The Morgan fingerprint density at radius 3 is 2.19 bits per heavy atom. The zero-order valence-electron chi connectivity index (χ0n) is 20.9. The monoisotopic (exact) mass is 519 g/mol. The summed E-state index contributed by atoms with van der Waals surface area (Å²) in [5.74, 6) is 0. The zero-order valence-corrected chi connectivity index (χ0v) is 22.5. The highest BCUT2D eigenvalue weighted by atomic mass is 32.2. The maximum atomic E-state index is 13.4. The molecule has 0 amide bonds. The Bertz CT molecular complexity index is 1420. The highest BCUT2D eigenvalue weighted by Gasteiger charge is 2.23. The summed E-state index contributed by atoms with van der Waals surface area (Å²) in [4.78, 5) is 6.13. The molecule has 0 atom stereocenters. The molecule has 188 valence electrons. The van der Waals surface area contributed by atoms with Crippen molar-refractivity contribution >= 4 is 27.0 Å². The van der Waals surface area contributed by atoms with Crippen LogP contribution in [0, 0.1) is 0 Å². The van der Waals surface area contributed by atoms with Crippen LogP contribution in [0.25, 0.3) is 11.3 Å². The number of aromatic nitrogens is 1. The molecule has 0 aliphatic carbocycles. The van der Waals surface area contributed by atoms with Gasteiger partial charge in [-0.05, 0) is 49.1 Å². The van der Waals surface area contributed by atoms with Crippen LogP contribution in [-0.2, 0) is 23.0 Å². The largest absolute Gasteiger partial charge is 0.316 e. The van der Waals surface area contributed by atoms with E-state index in [2.05, 4.69) is 34.2 Å². The Kier molecular flexibility index (Phi) is 8.91. The first-order chi connectivity index (χ1) is 17.5. The number of aryl methyl sites for hydroxylation is 1. The van der Waals surface area contributed by atoms with Crippen LogP contribution in [0.1, 0.15) is 32.3 Å². The van der Waals surface area contributed by atoms with E-state index in [0.29, 0.717) is 18.0 Å². The van der Waals surface area contributed by atoms with Crippen molar-refractivity contribution in [3.63, 3.8) is 0 Å². The lowest BCUT2D eigenvalue weighted by Gasteiger charge is -2.21. The smallest absolute Gasteiger partial charge is 0.243 e. The van der Waals surface area contributed by atoms with E-state index < -0.39 is 10.0 Å². The van der Waals surface area contributed by atoms with Crippen LogP contribution in [0.4, 0.5) is 5.69 Å². The lowest BCUT2D eigenvalue weighted by Crippen LogP contribution is -2.32. The molecule has 1 aromatic heterocycles. The van der Waals surface area contributed by atoms with Crippen LogP contribution in [0.2, 0.25) is 0 Å². The van der Waals surface area contributed by atoms with Crippen LogP contribution in [0.5, 0.6) is 0 Å². The van der Waals surface area contributed by atoms with Gasteiger partial charge >= 0.3 is 0 Å². The maximum absolute atomic E-state index is 13.4. The minimum Gasteiger partial charge on any atom is -0.316 e. The molecule has 0 saturated heterocycles. The molecule has 0 spiro atoms. The second-order valence-corrected chi connectivity index (χ2v) is 11.4. The fourth-order valence-electron chi connectivity index (χ4n) is 4.18. The summed E-state index contributed by atoms with van der Waals surface area (Å²) in [7, 11) is -3.56. The van der Waals surface area contributed by atoms with E-state index >= 15 is 0 Å². The van der Waals surface area contributed by atoms with Crippen LogP contribution in [0.15, 0.2) is 100 Å². The van der Waals surface area contributed by atoms with Gasteiger partial charge in [0.2, 0.25) is 10.0 Å². The Balaban J connectivity index is 1.76. The average molecular weight is 520 g/mol. The fourth-order valence-corrected chi connectivity index (χ4v) is 6.81. The Labute approximate surface area is 218 Å². The van der Waals surface area contributed by atoms with Gasteiger partial charge in [0.05, 0.1) is 16.3 Å². The molecule has 0 N–H and O–H groups in total. The van der Waals surface area contributed by atoms with Crippen LogP contribution >= 0.6 is 11.3 Å². The molecular weight excluding hydrogens is 486 g/mol. The Hall–Kier alpha value is -3.00. The lowest BCUT2D eigenvalue weighted by atomic mass is 10.1. The lowest BCUT2D eigenvalue weighted by molar-refractivity contribution is 0.410. The quantitative estimate of drug-likeness (QED) is 0.227. The number of nitrogens with zero attached hydrogens (tertiary/aromatic N) is 3. The molecule has 36 heavy (non-hydrogen) atoms. The first-order valence-electron chi connectivity index (χ1n) is 12.5. The number of para-hydroxylation sites is 1. The molecule has 4 aromatic rings. The van der Waals surface area contributed by atoms with Gasteiger partial charge in [-0.3, -0.25) is 0 Å². The molecule has 4 rings (SSSR count). The highest BCUT2D eigenvalue weighted by Crippen LogP contribution is 2.26. The van der Waals surface area contributed by atoms with Crippen molar-refractivity contribution in [1.29, 1.82) is 0 Å². The SMILES string of the molecule is CCCN(CCC)S(=O)(=O)c1cccc(-c2csc(=Nc3ccccc3)n2CCc2ccccc2)c1. The number of hydrogen-bond donors (Lipinski definition) is 0. The van der Waals surface area contributed by atoms with Crippen molar-refractivity contribution < 1.29 is 8.42 Å². The summed E-state index contributed by atoms with van der Waals surface area (Å²) in [6.07, 6.45) is 2.42. The minimum absolute atomic E-state index is 0.337. The summed E-state index contributed by atoms with van der Waals surface area (Å²) in [6.45, 7) is 5.80. The van der Waals surface area contributed by atoms with E-state index in [4.69, 9.17) is 4.99 Å². The molecule has 0 fully saturated rings. The van der Waals surface area contributed by atoms with E-state index in [1.165, 1.54) is 5.56 Å². The molecule has 0 radical (unpaired) electrons. The third-order valence-electron chi connectivity index (χ3n) is 5.96. The van der Waals surface area contributed by atoms with E-state index in [-0.39, 0.29) is 0 Å². The van der Waals surface area contributed by atoms with Crippen molar-refractivity contribution in [2.75, 3.05) is 13.1 Å². The standard InChI is InChI=1S/C29H33N3O2S2/c1-3-19-31(20-4-2)36(33,34)27-17-11-14-25(22-27)28-23-35-29(30-26-15-9-6-10-16-26)32(28)21-18-24-12-7-5-8-13-24/h5-17,22-23H,3-4,18-21H2,1-2H3. The summed E-state index contributed by atoms with van der Waals surface area (Å²) in [5.41, 5.74) is 3.99. The molecule has 0 bridgehead atoms. The number of thiazole rings is 1. The third kappa shape index (κ3) is 6.22. The second-order valence-electron chi connectivity index (χ2n) is 8.67. The van der Waals surface area contributed by atoms with Gasteiger partial charge in [0, 0.05) is 30.6 Å². The van der Waals surface area contributed by atoms with Crippen molar-refractivity contribution in [2.45, 2.75) is 44.6 Å². The normalized spacial score (nSPS) is 12.4. The van der Waals surface area contributed by atoms with Crippen LogP contribution in [0.3, 0.4) is 0 Å². The van der Waals surface area contributed by atoms with Gasteiger partial charge in [-0.15, -0.1) is 11.3 Å². The van der Waals surface area contributed by atoms with Gasteiger partial charge in [0.25, 0.3) is 0 Å². The van der Waals surface area contributed by atoms with Crippen molar-refractivity contribution in [1.82, 2.24) is 8.87 Å². The topological polar surface area (TPSA) is 54.7 Å². The van der Waals surface area contributed by atoms with E-state index in [9.17, 15) is 8.42 Å². The fraction of sp³-hybridized carbons (Fsp3) is 0.276. The molecule has 3 aromatic carbocycles. The maximum Gasteiger partial charge on any atom is 0.243 e. The summed E-state index contributed by atoms with van der Waals surface area (Å²) >= 11 is 1.57. The Morgan fingerprint density at radius 2 is 1.53 bits per heavy atom. The predicted molar refractivity (Wildman–Crippen MR) is 149 cm³/mol. The van der Waals surface area contributed by atoms with Crippen LogP contribution < -0.4 is 4.80 Å². The third-order valence-corrected chi connectivity index (χ3v) is 8.72. The Morgan fingerprint density at radius 1 is 0.861 bits per heavy atom. The molecule has 0 unspecified atom stereocenters. The van der Waals surface area contributed by atoms with Gasteiger partial charge in [0.15, 0.2) is 4.80 Å². The summed E-state index contributed by atoms with van der Waals surface area (Å²) in [6, 6.07) is 27.6. The van der Waals surface area contributed by atoms with Gasteiger partial charge in [-0.1, -0.05) is 74.5 Å². The molecule has 0 aliphatic heterocycles. The second kappa shape index (κ2) is 12.3. The molecule has 7 heteroatoms. The van der Waals surface area contributed by atoms with Crippen molar-refractivity contribution in [3.8, 4) is 11.3 Å². The summed E-state index contributed by atoms with van der Waals surface area (Å²) in [5, 5.41) is 2.08. The highest BCUT2D eigenvalue weighted by molar-refractivity contribution is 7.89. The molecular formula is C29H33N3O2S2. The van der Waals surface area contributed by atoms with Gasteiger partial charge in [0.1, 0.15) is 0 Å². The number of rotatable bonds is 11.